The third-order valence-corrected chi connectivity index (χ3v) is 3.37. The highest BCUT2D eigenvalue weighted by Crippen LogP contribution is 2.15. The summed E-state index contributed by atoms with van der Waals surface area (Å²) in [5, 5.41) is 1.23. The molecule has 20 heavy (non-hydrogen) atoms. The Morgan fingerprint density at radius 1 is 1.50 bits per heavy atom. The van der Waals surface area contributed by atoms with E-state index >= 15 is 0 Å². The highest BCUT2D eigenvalue weighted by molar-refractivity contribution is 8.13. The summed E-state index contributed by atoms with van der Waals surface area (Å²) in [6.45, 7) is -0.279. The molecule has 0 aliphatic rings. The van der Waals surface area contributed by atoms with E-state index in [1.165, 1.54) is 0 Å². The van der Waals surface area contributed by atoms with E-state index in [0.717, 1.165) is 10.8 Å². The van der Waals surface area contributed by atoms with Crippen molar-refractivity contribution in [2.75, 3.05) is 6.54 Å². The van der Waals surface area contributed by atoms with E-state index in [2.05, 4.69) is 4.98 Å². The zero-order valence-corrected chi connectivity index (χ0v) is 11.8. The van der Waals surface area contributed by atoms with Gasteiger partial charge in [-0.05, 0) is 0 Å². The van der Waals surface area contributed by atoms with Gasteiger partial charge in [-0.1, -0.05) is 6.92 Å². The molecular weight excluding hydrogens is 323 g/mol. The lowest BCUT2D eigenvalue weighted by Gasteiger charge is -2.09. The van der Waals surface area contributed by atoms with Crippen LogP contribution in [0, 0.1) is 0 Å². The maximum absolute atomic E-state index is 11.9. The van der Waals surface area contributed by atoms with Gasteiger partial charge in [-0.15, -0.1) is 0 Å². The highest BCUT2D eigenvalue weighted by Gasteiger charge is 2.28. The Morgan fingerprint density at radius 3 is 2.55 bits per heavy atom. The van der Waals surface area contributed by atoms with E-state index in [-0.39, 0.29) is 5.82 Å². The number of aryl methyl sites for hydroxylation is 1. The number of imidazole rings is 1. The van der Waals surface area contributed by atoms with Crippen LogP contribution in [0.15, 0.2) is 11.2 Å². The number of alkyl halides is 3. The number of aromatic nitrogens is 2. The minimum Gasteiger partial charge on any atom is -0.345 e. The number of hydrogen-bond acceptors (Lipinski definition) is 4. The molecule has 0 spiro atoms. The van der Waals surface area contributed by atoms with Crippen LogP contribution in [0.1, 0.15) is 12.7 Å². The van der Waals surface area contributed by atoms with Crippen molar-refractivity contribution in [3.8, 4) is 0 Å². The minimum absolute atomic E-state index is 0.228. The first-order valence-electron chi connectivity index (χ1n) is 5.37. The van der Waals surface area contributed by atoms with Crippen molar-refractivity contribution in [2.45, 2.75) is 31.1 Å². The van der Waals surface area contributed by atoms with E-state index in [4.69, 9.17) is 10.7 Å². The molecule has 1 aromatic rings. The van der Waals surface area contributed by atoms with Crippen LogP contribution in [0.5, 0.6) is 0 Å². The largest absolute Gasteiger partial charge is 0.405 e. The molecule has 0 aliphatic heterocycles. The quantitative estimate of drug-likeness (QED) is 0.817. The van der Waals surface area contributed by atoms with Gasteiger partial charge >= 0.3 is 6.18 Å². The number of carbonyl (C=O) groups is 1. The molecule has 0 fully saturated rings. The average molecular weight is 334 g/mol. The molecule has 0 bridgehead atoms. The third-order valence-electron chi connectivity index (χ3n) is 2.20. The van der Waals surface area contributed by atoms with E-state index in [9.17, 15) is 26.4 Å². The Labute approximate surface area is 117 Å². The fourth-order valence-corrected chi connectivity index (χ4v) is 2.06. The van der Waals surface area contributed by atoms with Gasteiger partial charge in [0.25, 0.3) is 9.05 Å². The molecule has 0 aliphatic carbocycles. The second-order valence-corrected chi connectivity index (χ2v) is 6.32. The van der Waals surface area contributed by atoms with Gasteiger partial charge in [0.05, 0.1) is 0 Å². The van der Waals surface area contributed by atoms with E-state index in [1.54, 1.807) is 12.2 Å². The van der Waals surface area contributed by atoms with Crippen LogP contribution < -0.4 is 5.32 Å². The molecule has 114 valence electrons. The predicted octanol–water partition coefficient (Wildman–Crippen LogP) is 1.05. The van der Waals surface area contributed by atoms with Gasteiger partial charge in [-0.2, -0.15) is 13.2 Å². The van der Waals surface area contributed by atoms with Crippen molar-refractivity contribution in [1.82, 2.24) is 14.9 Å². The summed E-state index contributed by atoms with van der Waals surface area (Å²) in [5.41, 5.74) is 0. The lowest BCUT2D eigenvalue weighted by molar-refractivity contribution is -0.138. The van der Waals surface area contributed by atoms with Crippen molar-refractivity contribution in [2.24, 2.45) is 0 Å². The van der Waals surface area contributed by atoms with Gasteiger partial charge in [0.2, 0.25) is 5.91 Å². The summed E-state index contributed by atoms with van der Waals surface area (Å²) in [6, 6.07) is 0. The molecule has 0 saturated carbocycles. The topological polar surface area (TPSA) is 81.1 Å². The first kappa shape index (κ1) is 16.8. The molecule has 1 rings (SSSR count). The number of nitrogens with zero attached hydrogens (tertiary/aromatic N) is 2. The molecule has 0 unspecified atom stereocenters. The summed E-state index contributed by atoms with van der Waals surface area (Å²) in [7, 11) is 1.05. The lowest BCUT2D eigenvalue weighted by atomic mass is 10.4. The number of hydrogen-bond donors (Lipinski definition) is 1. The van der Waals surface area contributed by atoms with E-state index < -0.39 is 39.2 Å². The Morgan fingerprint density at radius 2 is 2.10 bits per heavy atom. The normalized spacial score (nSPS) is 12.4. The minimum atomic E-state index is -4.51. The molecule has 1 heterocycles. The van der Waals surface area contributed by atoms with Gasteiger partial charge in [0.1, 0.15) is 18.9 Å². The number of nitrogens with one attached hydrogen (secondary N) is 1. The Kier molecular flexibility index (Phi) is 5.03. The van der Waals surface area contributed by atoms with Gasteiger partial charge in [-0.3, -0.25) is 4.79 Å². The molecule has 11 heteroatoms. The average Bonchev–Trinajstić information content (AvgIpc) is 2.68. The molecule has 0 radical (unpaired) electrons. The lowest BCUT2D eigenvalue weighted by Crippen LogP contribution is -2.35. The number of carbonyl (C=O) groups excluding carboxylic acids is 1. The number of amides is 1. The standard InChI is InChI=1S/C9H11ClF3N3O3S/c1-2-6-15-8(20(10,18)19)4-16(6)3-7(17)14-5-9(11,12)13/h4H,2-3,5H2,1H3,(H,14,17). The maximum Gasteiger partial charge on any atom is 0.405 e. The Hall–Kier alpha value is -1.29. The summed E-state index contributed by atoms with van der Waals surface area (Å²) in [5.74, 6) is -0.681. The number of halogens is 4. The molecule has 1 amide bonds. The molecule has 1 N–H and O–H groups in total. The van der Waals surface area contributed by atoms with E-state index in [1.807, 2.05) is 0 Å². The Bertz CT molecular complexity index is 597. The van der Waals surface area contributed by atoms with Crippen LogP contribution in [0.3, 0.4) is 0 Å². The van der Waals surface area contributed by atoms with Crippen molar-refractivity contribution in [1.29, 1.82) is 0 Å². The van der Waals surface area contributed by atoms with Gasteiger partial charge in [0, 0.05) is 23.3 Å². The zero-order valence-electron chi connectivity index (χ0n) is 10.2. The van der Waals surface area contributed by atoms with Crippen LogP contribution in [0.2, 0.25) is 0 Å². The molecular formula is C9H11ClF3N3O3S. The van der Waals surface area contributed by atoms with Gasteiger partial charge in [-0.25, -0.2) is 13.4 Å². The van der Waals surface area contributed by atoms with Crippen LogP contribution >= 0.6 is 10.7 Å². The van der Waals surface area contributed by atoms with Crippen LogP contribution in [0.25, 0.3) is 0 Å². The molecule has 0 atom stereocenters. The first-order valence-corrected chi connectivity index (χ1v) is 7.68. The Balaban J connectivity index is 2.82. The van der Waals surface area contributed by atoms with Crippen LogP contribution in [-0.2, 0) is 26.8 Å². The van der Waals surface area contributed by atoms with Crippen molar-refractivity contribution >= 4 is 25.6 Å². The molecule has 6 nitrogen and oxygen atoms in total. The maximum atomic E-state index is 11.9. The summed E-state index contributed by atoms with van der Waals surface area (Å²) in [6.07, 6.45) is -3.21. The van der Waals surface area contributed by atoms with Crippen molar-refractivity contribution < 1.29 is 26.4 Å². The fraction of sp³-hybridized carbons (Fsp3) is 0.556. The van der Waals surface area contributed by atoms with Crippen LogP contribution in [0.4, 0.5) is 13.2 Å². The second-order valence-electron chi connectivity index (χ2n) is 3.81. The number of rotatable bonds is 5. The monoisotopic (exact) mass is 333 g/mol. The highest BCUT2D eigenvalue weighted by atomic mass is 35.7. The third kappa shape index (κ3) is 5.00. The van der Waals surface area contributed by atoms with Crippen LogP contribution in [-0.4, -0.2) is 36.6 Å². The van der Waals surface area contributed by atoms with Crippen molar-refractivity contribution in [3.63, 3.8) is 0 Å². The summed E-state index contributed by atoms with van der Waals surface area (Å²) >= 11 is 0. The first-order chi connectivity index (χ1) is 9.03. The predicted molar refractivity (Wildman–Crippen MR) is 63.7 cm³/mol. The summed E-state index contributed by atoms with van der Waals surface area (Å²) in [4.78, 5) is 15.0. The molecule has 0 saturated heterocycles. The van der Waals surface area contributed by atoms with E-state index in [0.29, 0.717) is 6.42 Å². The smallest absolute Gasteiger partial charge is 0.345 e. The van der Waals surface area contributed by atoms with Gasteiger partial charge in [0.15, 0.2) is 5.03 Å². The van der Waals surface area contributed by atoms with Crippen molar-refractivity contribution in [3.05, 3.63) is 12.0 Å². The SMILES string of the molecule is CCc1nc(S(=O)(=O)Cl)cn1CC(=O)NCC(F)(F)F. The molecule has 0 aromatic carbocycles. The molecule has 1 aromatic heterocycles. The zero-order chi connectivity index (χ0) is 15.6. The van der Waals surface area contributed by atoms with Gasteiger partial charge < -0.3 is 9.88 Å². The second kappa shape index (κ2) is 6.00. The fourth-order valence-electron chi connectivity index (χ4n) is 1.37. The summed E-state index contributed by atoms with van der Waals surface area (Å²) < 4.78 is 59.1.